The molecule has 0 spiro atoms. The maximum Gasteiger partial charge on any atom is 0.166 e. The first-order chi connectivity index (χ1) is 14.0. The third-order valence-corrected chi connectivity index (χ3v) is 5.98. The van der Waals surface area contributed by atoms with Crippen LogP contribution in [0.5, 0.6) is 0 Å². The molecule has 0 saturated carbocycles. The highest BCUT2D eigenvalue weighted by molar-refractivity contribution is 5.93. The minimum Gasteiger partial charge on any atom is -0.370 e. The molecule has 2 fully saturated rings. The van der Waals surface area contributed by atoms with E-state index in [0.717, 1.165) is 30.7 Å². The second-order valence-corrected chi connectivity index (χ2v) is 8.13. The number of halogens is 1. The predicted molar refractivity (Wildman–Crippen MR) is 109 cm³/mol. The van der Waals surface area contributed by atoms with E-state index in [0.29, 0.717) is 37.1 Å². The smallest absolute Gasteiger partial charge is 0.166 e. The molecule has 4 heterocycles. The van der Waals surface area contributed by atoms with Crippen molar-refractivity contribution < 1.29 is 9.13 Å². The third kappa shape index (κ3) is 4.17. The zero-order valence-corrected chi connectivity index (χ0v) is 16.7. The number of hydrogen-bond acceptors (Lipinski definition) is 7. The van der Waals surface area contributed by atoms with Crippen molar-refractivity contribution in [2.75, 3.05) is 44.2 Å². The lowest BCUT2D eigenvalue weighted by Crippen LogP contribution is -2.53. The zero-order valence-electron chi connectivity index (χ0n) is 16.7. The van der Waals surface area contributed by atoms with Crippen LogP contribution in [0.2, 0.25) is 0 Å². The van der Waals surface area contributed by atoms with E-state index in [1.807, 2.05) is 12.1 Å². The molecule has 2 saturated heterocycles. The van der Waals surface area contributed by atoms with Gasteiger partial charge in [0.25, 0.3) is 0 Å². The van der Waals surface area contributed by atoms with Gasteiger partial charge in [0.1, 0.15) is 17.3 Å². The van der Waals surface area contributed by atoms with Crippen molar-refractivity contribution in [3.8, 4) is 6.07 Å². The molecular weight excluding hydrogens is 371 g/mol. The van der Waals surface area contributed by atoms with Crippen molar-refractivity contribution in [1.29, 1.82) is 5.26 Å². The topological polar surface area (TPSA) is 91.3 Å². The van der Waals surface area contributed by atoms with E-state index in [-0.39, 0.29) is 18.8 Å². The van der Waals surface area contributed by atoms with E-state index in [4.69, 9.17) is 10.5 Å². The number of aromatic nitrogens is 2. The second-order valence-electron chi connectivity index (χ2n) is 8.13. The Morgan fingerprint density at radius 2 is 2.14 bits per heavy atom. The van der Waals surface area contributed by atoms with Gasteiger partial charge >= 0.3 is 0 Å². The molecule has 2 aliphatic heterocycles. The van der Waals surface area contributed by atoms with E-state index in [9.17, 15) is 9.65 Å². The van der Waals surface area contributed by atoms with Gasteiger partial charge in [-0.3, -0.25) is 4.98 Å². The molecule has 8 heteroatoms. The maximum absolute atomic E-state index is 14.4. The quantitative estimate of drug-likeness (QED) is 0.840. The number of morpholine rings is 1. The Kier molecular flexibility index (Phi) is 5.63. The van der Waals surface area contributed by atoms with Gasteiger partial charge in [-0.25, -0.2) is 9.37 Å². The van der Waals surface area contributed by atoms with Gasteiger partial charge in [0.15, 0.2) is 5.69 Å². The summed E-state index contributed by atoms with van der Waals surface area (Å²) in [5.74, 6) is 0. The molecule has 0 radical (unpaired) electrons. The Morgan fingerprint density at radius 1 is 1.34 bits per heavy atom. The molecule has 0 amide bonds. The first-order valence-electron chi connectivity index (χ1n) is 10.2. The lowest BCUT2D eigenvalue weighted by atomic mass is 9.93. The summed E-state index contributed by atoms with van der Waals surface area (Å²) in [6.45, 7) is 5.79. The van der Waals surface area contributed by atoms with Crippen molar-refractivity contribution in [2.45, 2.75) is 37.6 Å². The van der Waals surface area contributed by atoms with E-state index >= 15 is 0 Å². The van der Waals surface area contributed by atoms with Crippen molar-refractivity contribution >= 4 is 16.6 Å². The maximum atomic E-state index is 14.4. The molecule has 0 bridgehead atoms. The lowest BCUT2D eigenvalue weighted by Gasteiger charge is -2.42. The van der Waals surface area contributed by atoms with Gasteiger partial charge in [0.2, 0.25) is 0 Å². The standard InChI is InChI=1S/C21H27FN6O/c1-15-11-28(19-10-26-18(9-23)20-17(19)3-2-6-25-20)13-16(29-15)12-27-7-4-21(22,14-24)5-8-27/h2-3,6,10,15-16H,4-5,7-8,11-14,24H2,1H3/t15-,16+/m1/s1. The Balaban J connectivity index is 1.50. The van der Waals surface area contributed by atoms with Gasteiger partial charge in [0, 0.05) is 50.9 Å². The molecule has 29 heavy (non-hydrogen) atoms. The summed E-state index contributed by atoms with van der Waals surface area (Å²) >= 11 is 0. The van der Waals surface area contributed by atoms with Crippen LogP contribution in [0.3, 0.4) is 0 Å². The highest BCUT2D eigenvalue weighted by Gasteiger charge is 2.35. The predicted octanol–water partition coefficient (Wildman–Crippen LogP) is 1.86. The monoisotopic (exact) mass is 398 g/mol. The molecule has 0 aliphatic carbocycles. The first-order valence-corrected chi connectivity index (χ1v) is 10.2. The first kappa shape index (κ1) is 20.0. The molecule has 0 aromatic carbocycles. The molecule has 4 rings (SSSR count). The summed E-state index contributed by atoms with van der Waals surface area (Å²) in [5.41, 5.74) is 6.29. The van der Waals surface area contributed by atoms with Crippen LogP contribution in [0.1, 0.15) is 25.5 Å². The summed E-state index contributed by atoms with van der Waals surface area (Å²) in [4.78, 5) is 13.2. The fraction of sp³-hybridized carbons (Fsp3) is 0.571. The number of alkyl halides is 1. The average Bonchev–Trinajstić information content (AvgIpc) is 2.74. The Morgan fingerprint density at radius 3 is 2.86 bits per heavy atom. The van der Waals surface area contributed by atoms with E-state index in [2.05, 4.69) is 32.8 Å². The molecule has 0 unspecified atom stereocenters. The summed E-state index contributed by atoms with van der Waals surface area (Å²) in [7, 11) is 0. The summed E-state index contributed by atoms with van der Waals surface area (Å²) < 4.78 is 20.6. The van der Waals surface area contributed by atoms with Crippen molar-refractivity contribution in [2.24, 2.45) is 5.73 Å². The van der Waals surface area contributed by atoms with Crippen molar-refractivity contribution in [3.05, 3.63) is 30.2 Å². The number of ether oxygens (including phenoxy) is 1. The number of nitriles is 1. The number of rotatable bonds is 4. The van der Waals surface area contributed by atoms with Gasteiger partial charge in [0.05, 0.1) is 24.1 Å². The van der Waals surface area contributed by atoms with Gasteiger partial charge in [-0.1, -0.05) is 0 Å². The Bertz CT molecular complexity index is 908. The van der Waals surface area contributed by atoms with Crippen LogP contribution >= 0.6 is 0 Å². The van der Waals surface area contributed by atoms with Crippen LogP contribution in [0, 0.1) is 11.3 Å². The summed E-state index contributed by atoms with van der Waals surface area (Å²) in [5, 5.41) is 10.3. The number of piperidine rings is 1. The molecule has 2 aliphatic rings. The number of pyridine rings is 2. The molecule has 2 N–H and O–H groups in total. The zero-order chi connectivity index (χ0) is 20.4. The number of likely N-dealkylation sites (tertiary alicyclic amines) is 1. The third-order valence-electron chi connectivity index (χ3n) is 5.98. The van der Waals surface area contributed by atoms with Crippen LogP contribution in [0.4, 0.5) is 10.1 Å². The van der Waals surface area contributed by atoms with E-state index in [1.54, 1.807) is 12.4 Å². The van der Waals surface area contributed by atoms with Crippen LogP contribution in [0.25, 0.3) is 10.9 Å². The highest BCUT2D eigenvalue weighted by Crippen LogP contribution is 2.30. The minimum absolute atomic E-state index is 0.0195. The molecule has 7 nitrogen and oxygen atoms in total. The molecule has 2 aromatic rings. The summed E-state index contributed by atoms with van der Waals surface area (Å²) in [6, 6.07) is 5.98. The molecule has 2 atom stereocenters. The van der Waals surface area contributed by atoms with Gasteiger partial charge in [-0.05, 0) is 31.9 Å². The normalized spacial score (nSPS) is 25.1. The number of hydrogen-bond donors (Lipinski definition) is 1. The SMILES string of the molecule is C[C@@H]1CN(c2cnc(C#N)c3ncccc23)C[C@H](CN2CCC(F)(CN)CC2)O1. The lowest BCUT2D eigenvalue weighted by molar-refractivity contribution is -0.0422. The number of anilines is 1. The number of nitrogens with two attached hydrogens (primary N) is 1. The van der Waals surface area contributed by atoms with Crippen LogP contribution < -0.4 is 10.6 Å². The average molecular weight is 398 g/mol. The van der Waals surface area contributed by atoms with Gasteiger partial charge in [-0.2, -0.15) is 5.26 Å². The van der Waals surface area contributed by atoms with Crippen LogP contribution in [-0.4, -0.2) is 72.0 Å². The molecule has 2 aromatic heterocycles. The fourth-order valence-corrected chi connectivity index (χ4v) is 4.36. The Hall–Kier alpha value is -2.34. The fourth-order valence-electron chi connectivity index (χ4n) is 4.36. The second kappa shape index (κ2) is 8.19. The number of nitrogens with zero attached hydrogens (tertiary/aromatic N) is 5. The largest absolute Gasteiger partial charge is 0.370 e. The van der Waals surface area contributed by atoms with Gasteiger partial charge < -0.3 is 20.3 Å². The van der Waals surface area contributed by atoms with Crippen LogP contribution in [0.15, 0.2) is 24.5 Å². The van der Waals surface area contributed by atoms with Crippen LogP contribution in [-0.2, 0) is 4.74 Å². The minimum atomic E-state index is -1.22. The Labute approximate surface area is 170 Å². The van der Waals surface area contributed by atoms with Gasteiger partial charge in [-0.15, -0.1) is 0 Å². The van der Waals surface area contributed by atoms with E-state index in [1.165, 1.54) is 0 Å². The highest BCUT2D eigenvalue weighted by atomic mass is 19.1. The van der Waals surface area contributed by atoms with E-state index < -0.39 is 5.67 Å². The number of fused-ring (bicyclic) bond motifs is 1. The summed E-state index contributed by atoms with van der Waals surface area (Å²) in [6.07, 6.45) is 4.48. The molecular formula is C21H27FN6O. The molecule has 154 valence electrons. The van der Waals surface area contributed by atoms with Crippen molar-refractivity contribution in [1.82, 2.24) is 14.9 Å². The van der Waals surface area contributed by atoms with Crippen molar-refractivity contribution in [3.63, 3.8) is 0 Å².